The molecule has 1 unspecified atom stereocenters. The van der Waals surface area contributed by atoms with Crippen molar-refractivity contribution in [1.29, 1.82) is 0 Å². The molecule has 1 saturated heterocycles. The fourth-order valence-corrected chi connectivity index (χ4v) is 3.12. The molecule has 4 heteroatoms. The SMILES string of the molecule is CC(C)C1CSC(NN2CCCCC2)=N1. The van der Waals surface area contributed by atoms with Crippen LogP contribution in [-0.4, -0.2) is 35.1 Å². The van der Waals surface area contributed by atoms with Crippen LogP contribution in [0.15, 0.2) is 4.99 Å². The van der Waals surface area contributed by atoms with Gasteiger partial charge in [0.15, 0.2) is 5.17 Å². The lowest BCUT2D eigenvalue weighted by molar-refractivity contribution is 0.196. The first kappa shape index (κ1) is 11.3. The monoisotopic (exact) mass is 227 g/mol. The molecule has 3 nitrogen and oxygen atoms in total. The molecule has 0 saturated carbocycles. The Balaban J connectivity index is 1.81. The number of thioether (sulfide) groups is 1. The Morgan fingerprint density at radius 3 is 2.67 bits per heavy atom. The number of hydrogen-bond donors (Lipinski definition) is 1. The molecule has 0 bridgehead atoms. The van der Waals surface area contributed by atoms with Gasteiger partial charge in [-0.3, -0.25) is 10.4 Å². The molecule has 1 fully saturated rings. The molecule has 15 heavy (non-hydrogen) atoms. The molecule has 2 rings (SSSR count). The number of hydrazine groups is 1. The second kappa shape index (κ2) is 5.21. The predicted molar refractivity (Wildman–Crippen MR) is 67.1 cm³/mol. The van der Waals surface area contributed by atoms with E-state index in [-0.39, 0.29) is 0 Å². The van der Waals surface area contributed by atoms with Gasteiger partial charge in [-0.2, -0.15) is 0 Å². The maximum absolute atomic E-state index is 4.71. The Hall–Kier alpha value is -0.220. The van der Waals surface area contributed by atoms with E-state index in [2.05, 4.69) is 24.3 Å². The number of nitrogens with one attached hydrogen (secondary N) is 1. The summed E-state index contributed by atoms with van der Waals surface area (Å²) in [4.78, 5) is 4.71. The van der Waals surface area contributed by atoms with Crippen LogP contribution in [0.5, 0.6) is 0 Å². The van der Waals surface area contributed by atoms with Crippen molar-refractivity contribution in [3.63, 3.8) is 0 Å². The quantitative estimate of drug-likeness (QED) is 0.783. The molecular formula is C11H21N3S. The van der Waals surface area contributed by atoms with Crippen LogP contribution in [-0.2, 0) is 0 Å². The molecule has 0 aromatic heterocycles. The molecule has 0 spiro atoms. The number of piperidine rings is 1. The Kier molecular flexibility index (Phi) is 3.92. The Morgan fingerprint density at radius 1 is 1.33 bits per heavy atom. The summed E-state index contributed by atoms with van der Waals surface area (Å²) in [5, 5.41) is 3.45. The average Bonchev–Trinajstić information content (AvgIpc) is 2.68. The summed E-state index contributed by atoms with van der Waals surface area (Å²) in [7, 11) is 0. The first-order chi connectivity index (χ1) is 7.25. The third kappa shape index (κ3) is 3.11. The van der Waals surface area contributed by atoms with Crippen LogP contribution in [0.25, 0.3) is 0 Å². The third-order valence-electron chi connectivity index (χ3n) is 3.05. The summed E-state index contributed by atoms with van der Waals surface area (Å²) < 4.78 is 0. The van der Waals surface area contributed by atoms with Gasteiger partial charge in [0, 0.05) is 18.8 Å². The fourth-order valence-electron chi connectivity index (χ4n) is 1.93. The highest BCUT2D eigenvalue weighted by atomic mass is 32.2. The van der Waals surface area contributed by atoms with Crippen molar-refractivity contribution in [3.05, 3.63) is 0 Å². The maximum atomic E-state index is 4.71. The van der Waals surface area contributed by atoms with Gasteiger partial charge < -0.3 is 0 Å². The lowest BCUT2D eigenvalue weighted by Crippen LogP contribution is -2.43. The Labute approximate surface area is 96.7 Å². The van der Waals surface area contributed by atoms with Crippen molar-refractivity contribution < 1.29 is 0 Å². The van der Waals surface area contributed by atoms with Crippen LogP contribution in [0.4, 0.5) is 0 Å². The van der Waals surface area contributed by atoms with E-state index in [1.165, 1.54) is 32.4 Å². The van der Waals surface area contributed by atoms with Crippen LogP contribution in [0.2, 0.25) is 0 Å². The first-order valence-corrected chi connectivity index (χ1v) is 6.96. The first-order valence-electron chi connectivity index (χ1n) is 5.98. The van der Waals surface area contributed by atoms with E-state index >= 15 is 0 Å². The van der Waals surface area contributed by atoms with Gasteiger partial charge in [-0.05, 0) is 18.8 Å². The highest BCUT2D eigenvalue weighted by Gasteiger charge is 2.22. The van der Waals surface area contributed by atoms with Crippen LogP contribution in [0.3, 0.4) is 0 Å². The number of hydrogen-bond acceptors (Lipinski definition) is 4. The molecule has 0 aliphatic carbocycles. The third-order valence-corrected chi connectivity index (χ3v) is 4.03. The molecule has 2 heterocycles. The van der Waals surface area contributed by atoms with Gasteiger partial charge in [0.05, 0.1) is 6.04 Å². The highest BCUT2D eigenvalue weighted by Crippen LogP contribution is 2.22. The van der Waals surface area contributed by atoms with Gasteiger partial charge >= 0.3 is 0 Å². The van der Waals surface area contributed by atoms with Crippen molar-refractivity contribution in [1.82, 2.24) is 10.4 Å². The van der Waals surface area contributed by atoms with Gasteiger partial charge in [-0.25, -0.2) is 5.01 Å². The summed E-state index contributed by atoms with van der Waals surface area (Å²) in [6.07, 6.45) is 4.02. The summed E-state index contributed by atoms with van der Waals surface area (Å²) in [6.45, 7) is 6.84. The van der Waals surface area contributed by atoms with E-state index in [1.54, 1.807) is 0 Å². The van der Waals surface area contributed by atoms with E-state index < -0.39 is 0 Å². The van der Waals surface area contributed by atoms with E-state index in [9.17, 15) is 0 Å². The molecular weight excluding hydrogens is 206 g/mol. The summed E-state index contributed by atoms with van der Waals surface area (Å²) in [5.74, 6) is 1.81. The van der Waals surface area contributed by atoms with Crippen molar-refractivity contribution >= 4 is 16.9 Å². The zero-order chi connectivity index (χ0) is 10.7. The largest absolute Gasteiger partial charge is 0.298 e. The molecule has 0 aromatic carbocycles. The minimum absolute atomic E-state index is 0.516. The van der Waals surface area contributed by atoms with Gasteiger partial charge in [0.2, 0.25) is 0 Å². The zero-order valence-electron chi connectivity index (χ0n) is 9.70. The van der Waals surface area contributed by atoms with Crippen LogP contribution in [0.1, 0.15) is 33.1 Å². The van der Waals surface area contributed by atoms with E-state index in [4.69, 9.17) is 4.99 Å². The maximum Gasteiger partial charge on any atom is 0.171 e. The second-order valence-electron chi connectivity index (χ2n) is 4.72. The predicted octanol–water partition coefficient (Wildman–Crippen LogP) is 2.10. The number of aliphatic imine (C=N–C) groups is 1. The summed E-state index contributed by atoms with van der Waals surface area (Å²) in [5.41, 5.74) is 3.45. The molecule has 1 N–H and O–H groups in total. The molecule has 1 atom stereocenters. The van der Waals surface area contributed by atoms with Gasteiger partial charge in [0.1, 0.15) is 0 Å². The minimum Gasteiger partial charge on any atom is -0.298 e. The summed E-state index contributed by atoms with van der Waals surface area (Å²) >= 11 is 1.87. The molecule has 2 aliphatic heterocycles. The van der Waals surface area contributed by atoms with Crippen molar-refractivity contribution in [2.45, 2.75) is 39.2 Å². The lowest BCUT2D eigenvalue weighted by Gasteiger charge is -2.27. The van der Waals surface area contributed by atoms with Crippen molar-refractivity contribution in [3.8, 4) is 0 Å². The highest BCUT2D eigenvalue weighted by molar-refractivity contribution is 8.14. The number of nitrogens with zero attached hydrogens (tertiary/aromatic N) is 2. The minimum atomic E-state index is 0.516. The normalized spacial score (nSPS) is 28.2. The topological polar surface area (TPSA) is 27.6 Å². The number of rotatable bonds is 2. The smallest absolute Gasteiger partial charge is 0.171 e. The Bertz CT molecular complexity index is 234. The average molecular weight is 227 g/mol. The van der Waals surface area contributed by atoms with Gasteiger partial charge in [-0.1, -0.05) is 32.0 Å². The summed E-state index contributed by atoms with van der Waals surface area (Å²) in [6, 6.07) is 0.516. The molecule has 0 aromatic rings. The fraction of sp³-hybridized carbons (Fsp3) is 0.909. The second-order valence-corrected chi connectivity index (χ2v) is 5.72. The Morgan fingerprint density at radius 2 is 2.07 bits per heavy atom. The molecule has 2 aliphatic rings. The molecule has 0 radical (unpaired) electrons. The standard InChI is InChI=1S/C11H21N3S/c1-9(2)10-8-15-11(12-10)13-14-6-4-3-5-7-14/h9-10H,3-8H2,1-2H3,(H,12,13). The van der Waals surface area contributed by atoms with Crippen LogP contribution >= 0.6 is 11.8 Å². The van der Waals surface area contributed by atoms with Crippen molar-refractivity contribution in [2.24, 2.45) is 10.9 Å². The van der Waals surface area contributed by atoms with Crippen LogP contribution in [0, 0.1) is 5.92 Å². The lowest BCUT2D eigenvalue weighted by atomic mass is 10.1. The zero-order valence-corrected chi connectivity index (χ0v) is 10.5. The van der Waals surface area contributed by atoms with Crippen molar-refractivity contribution in [2.75, 3.05) is 18.8 Å². The van der Waals surface area contributed by atoms with Gasteiger partial charge in [0.25, 0.3) is 0 Å². The van der Waals surface area contributed by atoms with E-state index in [1.807, 2.05) is 11.8 Å². The van der Waals surface area contributed by atoms with Gasteiger partial charge in [-0.15, -0.1) is 0 Å². The number of amidine groups is 1. The van der Waals surface area contributed by atoms with E-state index in [0.29, 0.717) is 12.0 Å². The molecule has 86 valence electrons. The molecule has 0 amide bonds. The van der Waals surface area contributed by atoms with E-state index in [0.717, 1.165) is 10.9 Å². The van der Waals surface area contributed by atoms with Crippen LogP contribution < -0.4 is 5.43 Å².